The molecule has 118 valence electrons. The third kappa shape index (κ3) is 4.17. The second-order valence-electron chi connectivity index (χ2n) is 5.89. The molecule has 1 aliphatic heterocycles. The number of hydrogen-bond donors (Lipinski definition) is 1. The van der Waals surface area contributed by atoms with E-state index >= 15 is 0 Å². The predicted octanol–water partition coefficient (Wildman–Crippen LogP) is 2.96. The van der Waals surface area contributed by atoms with Gasteiger partial charge in [-0.05, 0) is 26.2 Å². The van der Waals surface area contributed by atoms with Crippen LogP contribution in [0.5, 0.6) is 0 Å². The molecular weight excluding hydrogens is 260 g/mol. The molecular formula is C15H28O5. The standard InChI is InChI=1S/C15H28O5/c1-5-7-9-15(10-8-6-2)11-12(13(16)18-4)14(3,17)19-20-15/h12,17H,5-11H2,1-4H3/t12-,14-/m1/s1. The van der Waals surface area contributed by atoms with Crippen LogP contribution in [0.25, 0.3) is 0 Å². The number of ether oxygens (including phenoxy) is 1. The van der Waals surface area contributed by atoms with Gasteiger partial charge in [-0.3, -0.25) is 4.79 Å². The van der Waals surface area contributed by atoms with Crippen molar-refractivity contribution in [2.45, 2.75) is 77.1 Å². The topological polar surface area (TPSA) is 65.0 Å². The van der Waals surface area contributed by atoms with E-state index in [1.54, 1.807) is 0 Å². The van der Waals surface area contributed by atoms with Gasteiger partial charge in [0.2, 0.25) is 5.79 Å². The molecule has 0 unspecified atom stereocenters. The smallest absolute Gasteiger partial charge is 0.314 e. The minimum Gasteiger partial charge on any atom is -0.469 e. The highest BCUT2D eigenvalue weighted by atomic mass is 17.2. The lowest BCUT2D eigenvalue weighted by Gasteiger charge is -2.45. The summed E-state index contributed by atoms with van der Waals surface area (Å²) in [4.78, 5) is 22.6. The van der Waals surface area contributed by atoms with Gasteiger partial charge in [-0.25, -0.2) is 9.78 Å². The van der Waals surface area contributed by atoms with Gasteiger partial charge in [0.15, 0.2) is 0 Å². The third-order valence-electron chi connectivity index (χ3n) is 4.07. The molecule has 1 saturated heterocycles. The number of rotatable bonds is 7. The van der Waals surface area contributed by atoms with Crippen LogP contribution in [0.1, 0.15) is 65.7 Å². The Hall–Kier alpha value is -0.650. The largest absolute Gasteiger partial charge is 0.469 e. The second kappa shape index (κ2) is 7.38. The fourth-order valence-corrected chi connectivity index (χ4v) is 2.68. The Morgan fingerprint density at radius 3 is 2.25 bits per heavy atom. The van der Waals surface area contributed by atoms with Gasteiger partial charge in [0.05, 0.1) is 7.11 Å². The number of esters is 1. The number of carbonyl (C=O) groups is 1. The van der Waals surface area contributed by atoms with Crippen molar-refractivity contribution in [1.82, 2.24) is 0 Å². The molecule has 0 aromatic rings. The Bertz CT molecular complexity index is 305. The number of aliphatic hydroxyl groups is 1. The molecule has 0 bridgehead atoms. The summed E-state index contributed by atoms with van der Waals surface area (Å²) in [7, 11) is 1.33. The fraction of sp³-hybridized carbons (Fsp3) is 0.933. The molecule has 1 rings (SSSR count). The van der Waals surface area contributed by atoms with Gasteiger partial charge in [-0.1, -0.05) is 39.5 Å². The number of unbranched alkanes of at least 4 members (excludes halogenated alkanes) is 2. The van der Waals surface area contributed by atoms with E-state index in [4.69, 9.17) is 14.5 Å². The maximum absolute atomic E-state index is 11.9. The van der Waals surface area contributed by atoms with Crippen molar-refractivity contribution in [2.75, 3.05) is 7.11 Å². The van der Waals surface area contributed by atoms with E-state index in [1.807, 2.05) is 0 Å². The van der Waals surface area contributed by atoms with Crippen molar-refractivity contribution in [3.8, 4) is 0 Å². The highest BCUT2D eigenvalue weighted by molar-refractivity contribution is 5.73. The van der Waals surface area contributed by atoms with Crippen LogP contribution < -0.4 is 0 Å². The molecule has 20 heavy (non-hydrogen) atoms. The lowest BCUT2D eigenvalue weighted by molar-refractivity contribution is -0.493. The van der Waals surface area contributed by atoms with Crippen LogP contribution in [0.4, 0.5) is 0 Å². The van der Waals surface area contributed by atoms with E-state index in [1.165, 1.54) is 14.0 Å². The molecule has 0 amide bonds. The van der Waals surface area contributed by atoms with E-state index in [0.717, 1.165) is 38.5 Å². The van der Waals surface area contributed by atoms with Crippen molar-refractivity contribution >= 4 is 5.97 Å². The molecule has 0 aromatic heterocycles. The first-order valence-corrected chi connectivity index (χ1v) is 7.58. The van der Waals surface area contributed by atoms with Crippen molar-refractivity contribution in [1.29, 1.82) is 0 Å². The maximum atomic E-state index is 11.9. The van der Waals surface area contributed by atoms with Crippen LogP contribution in [0.2, 0.25) is 0 Å². The van der Waals surface area contributed by atoms with Crippen LogP contribution in [-0.2, 0) is 19.3 Å². The molecule has 0 spiro atoms. The minimum atomic E-state index is -1.63. The monoisotopic (exact) mass is 288 g/mol. The fourth-order valence-electron chi connectivity index (χ4n) is 2.68. The second-order valence-corrected chi connectivity index (χ2v) is 5.89. The number of methoxy groups -OCH3 is 1. The molecule has 0 saturated carbocycles. The molecule has 1 heterocycles. The highest BCUT2D eigenvalue weighted by Gasteiger charge is 2.52. The molecule has 0 radical (unpaired) electrons. The predicted molar refractivity (Wildman–Crippen MR) is 74.7 cm³/mol. The minimum absolute atomic E-state index is 0.437. The van der Waals surface area contributed by atoms with E-state index in [2.05, 4.69) is 13.8 Å². The highest BCUT2D eigenvalue weighted by Crippen LogP contribution is 2.42. The zero-order chi connectivity index (χ0) is 15.2. The first kappa shape index (κ1) is 17.4. The average Bonchev–Trinajstić information content (AvgIpc) is 2.44. The normalized spacial score (nSPS) is 29.1. The van der Waals surface area contributed by atoms with Gasteiger partial charge in [0, 0.05) is 0 Å². The summed E-state index contributed by atoms with van der Waals surface area (Å²) in [6.07, 6.45) is 6.20. The molecule has 2 atom stereocenters. The average molecular weight is 288 g/mol. The molecule has 1 N–H and O–H groups in total. The van der Waals surface area contributed by atoms with E-state index in [0.29, 0.717) is 6.42 Å². The summed E-state index contributed by atoms with van der Waals surface area (Å²) in [5.74, 6) is -2.79. The van der Waals surface area contributed by atoms with Crippen molar-refractivity contribution in [2.24, 2.45) is 5.92 Å². The number of carbonyl (C=O) groups excluding carboxylic acids is 1. The first-order chi connectivity index (χ1) is 9.40. The van der Waals surface area contributed by atoms with Gasteiger partial charge in [-0.15, -0.1) is 0 Å². The molecule has 0 aliphatic carbocycles. The van der Waals surface area contributed by atoms with E-state index in [9.17, 15) is 9.90 Å². The quantitative estimate of drug-likeness (QED) is 0.576. The molecule has 1 aliphatic rings. The lowest BCUT2D eigenvalue weighted by atomic mass is 9.79. The van der Waals surface area contributed by atoms with Gasteiger partial charge < -0.3 is 9.84 Å². The van der Waals surface area contributed by atoms with Crippen molar-refractivity contribution in [3.63, 3.8) is 0 Å². The summed E-state index contributed by atoms with van der Waals surface area (Å²) in [6.45, 7) is 5.68. The Morgan fingerprint density at radius 2 is 1.80 bits per heavy atom. The van der Waals surface area contributed by atoms with Crippen LogP contribution in [0, 0.1) is 5.92 Å². The van der Waals surface area contributed by atoms with Gasteiger partial charge in [0.25, 0.3) is 0 Å². The van der Waals surface area contributed by atoms with Gasteiger partial charge in [-0.2, -0.15) is 0 Å². The first-order valence-electron chi connectivity index (χ1n) is 7.58. The number of hydrogen-bond acceptors (Lipinski definition) is 5. The Labute approximate surface area is 121 Å². The summed E-state index contributed by atoms with van der Waals surface area (Å²) < 4.78 is 4.79. The maximum Gasteiger partial charge on any atom is 0.314 e. The van der Waals surface area contributed by atoms with Crippen LogP contribution in [-0.4, -0.2) is 29.6 Å². The zero-order valence-corrected chi connectivity index (χ0v) is 13.1. The van der Waals surface area contributed by atoms with Gasteiger partial charge >= 0.3 is 5.97 Å². The van der Waals surface area contributed by atoms with Gasteiger partial charge in [0.1, 0.15) is 11.5 Å². The van der Waals surface area contributed by atoms with Crippen molar-refractivity contribution < 1.29 is 24.4 Å². The lowest BCUT2D eigenvalue weighted by Crippen LogP contribution is -2.54. The van der Waals surface area contributed by atoms with E-state index in [-0.39, 0.29) is 0 Å². The van der Waals surface area contributed by atoms with Crippen molar-refractivity contribution in [3.05, 3.63) is 0 Å². The summed E-state index contributed by atoms with van der Waals surface area (Å²) in [5, 5.41) is 10.2. The molecule has 5 heteroatoms. The molecule has 0 aromatic carbocycles. The third-order valence-corrected chi connectivity index (χ3v) is 4.07. The SMILES string of the molecule is CCCCC1(CCCC)C[C@H](C(=O)OC)[C@](C)(O)OO1. The molecule has 5 nitrogen and oxygen atoms in total. The van der Waals surface area contributed by atoms with Crippen LogP contribution in [0.15, 0.2) is 0 Å². The Morgan fingerprint density at radius 1 is 1.25 bits per heavy atom. The van der Waals surface area contributed by atoms with Crippen LogP contribution >= 0.6 is 0 Å². The Kier molecular flexibility index (Phi) is 6.43. The molecule has 1 fully saturated rings. The summed E-state index contributed by atoms with van der Waals surface area (Å²) in [5.41, 5.74) is -0.493. The Balaban J connectivity index is 2.87. The van der Waals surface area contributed by atoms with E-state index < -0.39 is 23.3 Å². The summed E-state index contributed by atoms with van der Waals surface area (Å²) in [6, 6.07) is 0. The summed E-state index contributed by atoms with van der Waals surface area (Å²) >= 11 is 0. The zero-order valence-electron chi connectivity index (χ0n) is 13.1. The van der Waals surface area contributed by atoms with Crippen LogP contribution in [0.3, 0.4) is 0 Å².